The minimum absolute atomic E-state index is 0.0158. The Kier molecular flexibility index (Phi) is 5.02. The fourth-order valence-corrected chi connectivity index (χ4v) is 3.85. The van der Waals surface area contributed by atoms with Crippen LogP contribution in [-0.2, 0) is 14.3 Å². The third-order valence-electron chi connectivity index (χ3n) is 4.70. The van der Waals surface area contributed by atoms with Gasteiger partial charge in [-0.2, -0.15) is 0 Å². The van der Waals surface area contributed by atoms with Crippen LogP contribution < -0.4 is 4.90 Å². The van der Waals surface area contributed by atoms with Gasteiger partial charge >= 0.3 is 0 Å². The molecule has 2 amide bonds. The number of halogens is 1. The molecule has 6 heteroatoms. The number of anilines is 1. The largest absolute Gasteiger partial charge is 0.381 e. The summed E-state index contributed by atoms with van der Waals surface area (Å²) in [6.45, 7) is 1.90. The maximum absolute atomic E-state index is 12.7. The Labute approximate surface area is 144 Å². The molecule has 0 radical (unpaired) electrons. The molecule has 2 saturated heterocycles. The maximum Gasteiger partial charge on any atom is 0.228 e. The third-order valence-corrected chi connectivity index (χ3v) is 5.38. The van der Waals surface area contributed by atoms with Crippen molar-refractivity contribution in [3.05, 3.63) is 28.7 Å². The molecule has 2 aliphatic rings. The van der Waals surface area contributed by atoms with Crippen molar-refractivity contribution in [3.8, 4) is 0 Å². The molecule has 0 saturated carbocycles. The molecule has 1 aromatic carbocycles. The van der Waals surface area contributed by atoms with Gasteiger partial charge in [0.25, 0.3) is 0 Å². The number of methoxy groups -OCH3 is 1. The average molecular weight is 381 g/mol. The lowest BCUT2D eigenvalue weighted by Crippen LogP contribution is -2.44. The van der Waals surface area contributed by atoms with E-state index >= 15 is 0 Å². The molecule has 0 bridgehead atoms. The molecule has 2 heterocycles. The number of likely N-dealkylation sites (tertiary alicyclic amines) is 1. The first-order valence-electron chi connectivity index (χ1n) is 7.96. The van der Waals surface area contributed by atoms with E-state index in [-0.39, 0.29) is 23.8 Å². The Bertz CT molecular complexity index is 599. The highest BCUT2D eigenvalue weighted by Gasteiger charge is 2.38. The van der Waals surface area contributed by atoms with Crippen LogP contribution in [-0.4, -0.2) is 49.6 Å². The van der Waals surface area contributed by atoms with E-state index < -0.39 is 0 Å². The fraction of sp³-hybridized carbons (Fsp3) is 0.529. The standard InChI is InChI=1S/C17H21BrN2O3/c1-23-13-6-8-19(9-7-13)17(22)12-10-16(21)20(11-12)15-5-3-2-4-14(15)18/h2-5,12-13H,6-11H2,1H3/t12-/m0/s1. The highest BCUT2D eigenvalue weighted by atomic mass is 79.9. The second kappa shape index (κ2) is 7.01. The van der Waals surface area contributed by atoms with Crippen LogP contribution in [0.3, 0.4) is 0 Å². The molecule has 0 aromatic heterocycles. The number of hydrogen-bond donors (Lipinski definition) is 0. The molecule has 0 N–H and O–H groups in total. The minimum Gasteiger partial charge on any atom is -0.381 e. The lowest BCUT2D eigenvalue weighted by molar-refractivity contribution is -0.138. The van der Waals surface area contributed by atoms with E-state index in [2.05, 4.69) is 15.9 Å². The number of para-hydroxylation sites is 1. The van der Waals surface area contributed by atoms with E-state index in [0.29, 0.717) is 13.0 Å². The Balaban J connectivity index is 1.66. The molecular formula is C17H21BrN2O3. The number of carbonyl (C=O) groups is 2. The summed E-state index contributed by atoms with van der Waals surface area (Å²) < 4.78 is 6.22. The summed E-state index contributed by atoms with van der Waals surface area (Å²) in [5.74, 6) is -0.127. The molecule has 23 heavy (non-hydrogen) atoms. The van der Waals surface area contributed by atoms with Crippen LogP contribution in [0.1, 0.15) is 19.3 Å². The smallest absolute Gasteiger partial charge is 0.228 e. The molecule has 2 aliphatic heterocycles. The molecule has 124 valence electrons. The SMILES string of the molecule is COC1CCN(C(=O)[C@H]2CC(=O)N(c3ccccc3Br)C2)CC1. The summed E-state index contributed by atoms with van der Waals surface area (Å²) in [7, 11) is 1.72. The number of nitrogens with zero attached hydrogens (tertiary/aromatic N) is 2. The van der Waals surface area contributed by atoms with Crippen molar-refractivity contribution in [2.45, 2.75) is 25.4 Å². The van der Waals surface area contributed by atoms with E-state index in [1.807, 2.05) is 29.2 Å². The topological polar surface area (TPSA) is 49.9 Å². The first kappa shape index (κ1) is 16.5. The molecule has 0 spiro atoms. The minimum atomic E-state index is -0.242. The zero-order valence-electron chi connectivity index (χ0n) is 13.2. The number of piperidine rings is 1. The number of benzene rings is 1. The number of carbonyl (C=O) groups excluding carboxylic acids is 2. The van der Waals surface area contributed by atoms with Gasteiger partial charge in [-0.15, -0.1) is 0 Å². The first-order valence-corrected chi connectivity index (χ1v) is 8.76. The van der Waals surface area contributed by atoms with Gasteiger partial charge in [0.1, 0.15) is 0 Å². The summed E-state index contributed by atoms with van der Waals surface area (Å²) >= 11 is 3.48. The predicted molar refractivity (Wildman–Crippen MR) is 91.2 cm³/mol. The fourth-order valence-electron chi connectivity index (χ4n) is 3.35. The van der Waals surface area contributed by atoms with Gasteiger partial charge in [-0.05, 0) is 40.9 Å². The Morgan fingerprint density at radius 1 is 1.26 bits per heavy atom. The van der Waals surface area contributed by atoms with Crippen molar-refractivity contribution in [2.75, 3.05) is 31.6 Å². The lowest BCUT2D eigenvalue weighted by Gasteiger charge is -2.32. The Hall–Kier alpha value is -1.40. The molecule has 1 atom stereocenters. The van der Waals surface area contributed by atoms with Crippen LogP contribution in [0.15, 0.2) is 28.7 Å². The summed E-state index contributed by atoms with van der Waals surface area (Å²) in [6.07, 6.45) is 2.29. The summed E-state index contributed by atoms with van der Waals surface area (Å²) in [5, 5.41) is 0. The average Bonchev–Trinajstić information content (AvgIpc) is 2.96. The van der Waals surface area contributed by atoms with E-state index in [0.717, 1.165) is 36.1 Å². The van der Waals surface area contributed by atoms with Gasteiger partial charge in [-0.1, -0.05) is 12.1 Å². The van der Waals surface area contributed by atoms with Crippen LogP contribution >= 0.6 is 15.9 Å². The van der Waals surface area contributed by atoms with Crippen molar-refractivity contribution < 1.29 is 14.3 Å². The normalized spacial score (nSPS) is 22.7. The lowest BCUT2D eigenvalue weighted by atomic mass is 10.0. The molecule has 1 aromatic rings. The zero-order chi connectivity index (χ0) is 16.4. The van der Waals surface area contributed by atoms with Crippen molar-refractivity contribution in [1.29, 1.82) is 0 Å². The highest BCUT2D eigenvalue weighted by molar-refractivity contribution is 9.10. The van der Waals surface area contributed by atoms with E-state index in [1.54, 1.807) is 12.0 Å². The van der Waals surface area contributed by atoms with Gasteiger partial charge in [-0.3, -0.25) is 9.59 Å². The first-order chi connectivity index (χ1) is 11.1. The van der Waals surface area contributed by atoms with Gasteiger partial charge in [0.15, 0.2) is 0 Å². The van der Waals surface area contributed by atoms with Crippen LogP contribution in [0.2, 0.25) is 0 Å². The van der Waals surface area contributed by atoms with E-state index in [1.165, 1.54) is 0 Å². The van der Waals surface area contributed by atoms with Crippen LogP contribution in [0, 0.1) is 5.92 Å². The van der Waals surface area contributed by atoms with Gasteiger partial charge in [0.2, 0.25) is 11.8 Å². The van der Waals surface area contributed by atoms with Gasteiger partial charge < -0.3 is 14.5 Å². The van der Waals surface area contributed by atoms with Gasteiger partial charge in [-0.25, -0.2) is 0 Å². The summed E-state index contributed by atoms with van der Waals surface area (Å²) in [6, 6.07) is 7.63. The van der Waals surface area contributed by atoms with Gasteiger partial charge in [0.05, 0.1) is 17.7 Å². The maximum atomic E-state index is 12.7. The monoisotopic (exact) mass is 380 g/mol. The molecule has 0 aliphatic carbocycles. The molecular weight excluding hydrogens is 360 g/mol. The van der Waals surface area contributed by atoms with E-state index in [4.69, 9.17) is 4.74 Å². The van der Waals surface area contributed by atoms with Gasteiger partial charge in [0, 0.05) is 37.6 Å². The highest BCUT2D eigenvalue weighted by Crippen LogP contribution is 2.32. The predicted octanol–water partition coefficient (Wildman–Crippen LogP) is 2.44. The van der Waals surface area contributed by atoms with Crippen LogP contribution in [0.25, 0.3) is 0 Å². The van der Waals surface area contributed by atoms with Crippen molar-refractivity contribution >= 4 is 33.4 Å². The quantitative estimate of drug-likeness (QED) is 0.808. The zero-order valence-corrected chi connectivity index (χ0v) is 14.8. The number of amides is 2. The molecule has 2 fully saturated rings. The third kappa shape index (κ3) is 3.43. The van der Waals surface area contributed by atoms with Crippen molar-refractivity contribution in [2.24, 2.45) is 5.92 Å². The van der Waals surface area contributed by atoms with E-state index in [9.17, 15) is 9.59 Å². The number of hydrogen-bond acceptors (Lipinski definition) is 3. The van der Waals surface area contributed by atoms with Crippen LogP contribution in [0.4, 0.5) is 5.69 Å². The number of ether oxygens (including phenoxy) is 1. The second-order valence-corrected chi connectivity index (χ2v) is 6.97. The number of rotatable bonds is 3. The van der Waals surface area contributed by atoms with Crippen LogP contribution in [0.5, 0.6) is 0 Å². The van der Waals surface area contributed by atoms with Crippen molar-refractivity contribution in [3.63, 3.8) is 0 Å². The molecule has 5 nitrogen and oxygen atoms in total. The molecule has 0 unspecified atom stereocenters. The Morgan fingerprint density at radius 2 is 1.96 bits per heavy atom. The summed E-state index contributed by atoms with van der Waals surface area (Å²) in [5.41, 5.74) is 0.839. The van der Waals surface area contributed by atoms with Crippen molar-refractivity contribution in [1.82, 2.24) is 4.90 Å². The molecule has 3 rings (SSSR count). The summed E-state index contributed by atoms with van der Waals surface area (Å²) in [4.78, 5) is 28.6. The second-order valence-electron chi connectivity index (χ2n) is 6.12. The Morgan fingerprint density at radius 3 is 2.61 bits per heavy atom.